The van der Waals surface area contributed by atoms with Gasteiger partial charge in [-0.05, 0) is 18.1 Å². The Kier molecular flexibility index (Phi) is 7.28. The number of halogens is 1. The smallest absolute Gasteiger partial charge is 0.221 e. The molecule has 0 aliphatic rings. The van der Waals surface area contributed by atoms with Crippen LogP contribution in [0.2, 0.25) is 5.02 Å². The van der Waals surface area contributed by atoms with Crippen LogP contribution in [0.3, 0.4) is 0 Å². The number of carbonyl (C=O) groups excluding carboxylic acids is 1. The lowest BCUT2D eigenvalue weighted by Crippen LogP contribution is -2.41. The van der Waals surface area contributed by atoms with Gasteiger partial charge in [-0.15, -0.1) is 11.8 Å². The molecule has 0 spiro atoms. The van der Waals surface area contributed by atoms with Crippen LogP contribution in [0.1, 0.15) is 20.3 Å². The normalized spacial score (nSPS) is 12.5. The van der Waals surface area contributed by atoms with Crippen LogP contribution in [-0.4, -0.2) is 29.4 Å². The van der Waals surface area contributed by atoms with E-state index in [0.717, 1.165) is 4.90 Å². The number of nitrogens with one attached hydrogen (secondary N) is 1. The molecule has 0 aromatic heterocycles. The second-order valence-corrected chi connectivity index (χ2v) is 6.17. The van der Waals surface area contributed by atoms with E-state index in [-0.39, 0.29) is 24.5 Å². The molecule has 0 fully saturated rings. The van der Waals surface area contributed by atoms with E-state index in [4.69, 9.17) is 16.7 Å². The van der Waals surface area contributed by atoms with Crippen molar-refractivity contribution in [3.05, 3.63) is 29.3 Å². The van der Waals surface area contributed by atoms with Crippen LogP contribution in [0.5, 0.6) is 0 Å². The summed E-state index contributed by atoms with van der Waals surface area (Å²) in [5.41, 5.74) is 0. The van der Waals surface area contributed by atoms with Crippen molar-refractivity contribution in [1.29, 1.82) is 0 Å². The zero-order valence-corrected chi connectivity index (χ0v) is 12.8. The molecule has 0 bridgehead atoms. The van der Waals surface area contributed by atoms with Crippen LogP contribution < -0.4 is 5.32 Å². The molecule has 3 nitrogen and oxygen atoms in total. The van der Waals surface area contributed by atoms with Gasteiger partial charge in [-0.1, -0.05) is 37.6 Å². The monoisotopic (exact) mass is 301 g/mol. The second kappa shape index (κ2) is 8.46. The summed E-state index contributed by atoms with van der Waals surface area (Å²) in [5.74, 6) is 0.865. The maximum Gasteiger partial charge on any atom is 0.221 e. The molecule has 1 atom stereocenters. The molecule has 0 saturated carbocycles. The van der Waals surface area contributed by atoms with Gasteiger partial charge in [0.15, 0.2) is 0 Å². The zero-order valence-electron chi connectivity index (χ0n) is 11.2. The zero-order chi connectivity index (χ0) is 14.3. The average molecular weight is 302 g/mol. The first kappa shape index (κ1) is 16.3. The molecule has 0 aliphatic heterocycles. The predicted octanol–water partition coefficient (Wildman–Crippen LogP) is 2.96. The predicted molar refractivity (Wildman–Crippen MR) is 80.6 cm³/mol. The third-order valence-electron chi connectivity index (χ3n) is 2.77. The number of rotatable bonds is 7. The summed E-state index contributed by atoms with van der Waals surface area (Å²) in [6, 6.07) is 7.42. The van der Waals surface area contributed by atoms with E-state index in [9.17, 15) is 4.79 Å². The van der Waals surface area contributed by atoms with E-state index in [1.54, 1.807) is 11.8 Å². The van der Waals surface area contributed by atoms with Gasteiger partial charge in [-0.2, -0.15) is 0 Å². The minimum atomic E-state index is -0.169. The van der Waals surface area contributed by atoms with Crippen molar-refractivity contribution < 1.29 is 9.90 Å². The number of aliphatic hydroxyl groups excluding tert-OH is 1. The maximum atomic E-state index is 11.7. The molecule has 0 aliphatic carbocycles. The summed E-state index contributed by atoms with van der Waals surface area (Å²) in [7, 11) is 0. The summed E-state index contributed by atoms with van der Waals surface area (Å²) >= 11 is 7.60. The largest absolute Gasteiger partial charge is 0.394 e. The average Bonchev–Trinajstić information content (AvgIpc) is 2.38. The molecule has 1 aromatic carbocycles. The van der Waals surface area contributed by atoms with Gasteiger partial charge < -0.3 is 10.4 Å². The van der Waals surface area contributed by atoms with Gasteiger partial charge in [0.25, 0.3) is 0 Å². The molecule has 0 heterocycles. The molecule has 5 heteroatoms. The summed E-state index contributed by atoms with van der Waals surface area (Å²) in [5, 5.41) is 12.7. The van der Waals surface area contributed by atoms with Crippen molar-refractivity contribution in [3.8, 4) is 0 Å². The molecule has 1 amide bonds. The standard InChI is InChI=1S/C14H20ClNO2S/c1-10(2)12(9-17)16-14(18)7-8-19-13-6-4-3-5-11(13)15/h3-6,10,12,17H,7-9H2,1-2H3,(H,16,18). The van der Waals surface area contributed by atoms with Crippen molar-refractivity contribution in [2.45, 2.75) is 31.2 Å². The highest BCUT2D eigenvalue weighted by molar-refractivity contribution is 7.99. The molecule has 1 rings (SSSR count). The second-order valence-electron chi connectivity index (χ2n) is 4.63. The van der Waals surface area contributed by atoms with Crippen molar-refractivity contribution in [1.82, 2.24) is 5.32 Å². The molecule has 0 saturated heterocycles. The fourth-order valence-corrected chi connectivity index (χ4v) is 2.71. The number of hydrogen-bond donors (Lipinski definition) is 2. The summed E-state index contributed by atoms with van der Waals surface area (Å²) < 4.78 is 0. The topological polar surface area (TPSA) is 49.3 Å². The lowest BCUT2D eigenvalue weighted by molar-refractivity contribution is -0.122. The number of thioether (sulfide) groups is 1. The lowest BCUT2D eigenvalue weighted by Gasteiger charge is -2.19. The van der Waals surface area contributed by atoms with Gasteiger partial charge in [-0.3, -0.25) is 4.79 Å². The molecule has 19 heavy (non-hydrogen) atoms. The van der Waals surface area contributed by atoms with Crippen molar-refractivity contribution >= 4 is 29.3 Å². The molecular weight excluding hydrogens is 282 g/mol. The Labute approximate surface area is 123 Å². The Morgan fingerprint density at radius 3 is 2.68 bits per heavy atom. The summed E-state index contributed by atoms with van der Waals surface area (Å²) in [6.07, 6.45) is 0.416. The van der Waals surface area contributed by atoms with Gasteiger partial charge in [0.1, 0.15) is 0 Å². The first-order valence-electron chi connectivity index (χ1n) is 6.32. The van der Waals surface area contributed by atoms with E-state index in [1.807, 2.05) is 38.1 Å². The van der Waals surface area contributed by atoms with Crippen LogP contribution in [0.15, 0.2) is 29.2 Å². The quantitative estimate of drug-likeness (QED) is 0.761. The van der Waals surface area contributed by atoms with Gasteiger partial charge in [0.2, 0.25) is 5.91 Å². The highest BCUT2D eigenvalue weighted by Gasteiger charge is 2.14. The van der Waals surface area contributed by atoms with Crippen LogP contribution >= 0.6 is 23.4 Å². The minimum absolute atomic E-state index is 0.0267. The molecular formula is C14H20ClNO2S. The number of aliphatic hydroxyl groups is 1. The highest BCUT2D eigenvalue weighted by Crippen LogP contribution is 2.26. The molecule has 1 unspecified atom stereocenters. The summed E-state index contributed by atoms with van der Waals surface area (Å²) in [6.45, 7) is 3.92. The van der Waals surface area contributed by atoms with Crippen molar-refractivity contribution in [2.24, 2.45) is 5.92 Å². The SMILES string of the molecule is CC(C)C(CO)NC(=O)CCSc1ccccc1Cl. The van der Waals surface area contributed by atoms with Gasteiger partial charge in [0.05, 0.1) is 17.7 Å². The van der Waals surface area contributed by atoms with E-state index < -0.39 is 0 Å². The fourth-order valence-electron chi connectivity index (χ4n) is 1.52. The van der Waals surface area contributed by atoms with Crippen LogP contribution in [0, 0.1) is 5.92 Å². The first-order chi connectivity index (χ1) is 9.04. The number of amides is 1. The van der Waals surface area contributed by atoms with E-state index in [2.05, 4.69) is 5.32 Å². The summed E-state index contributed by atoms with van der Waals surface area (Å²) in [4.78, 5) is 12.7. The first-order valence-corrected chi connectivity index (χ1v) is 7.68. The Morgan fingerprint density at radius 1 is 1.42 bits per heavy atom. The Hall–Kier alpha value is -0.710. The minimum Gasteiger partial charge on any atom is -0.394 e. The van der Waals surface area contributed by atoms with Crippen molar-refractivity contribution in [2.75, 3.05) is 12.4 Å². The molecule has 106 valence electrons. The number of benzene rings is 1. The van der Waals surface area contributed by atoms with E-state index in [1.165, 1.54) is 0 Å². The van der Waals surface area contributed by atoms with Gasteiger partial charge in [-0.25, -0.2) is 0 Å². The highest BCUT2D eigenvalue weighted by atomic mass is 35.5. The number of carbonyl (C=O) groups is 1. The third kappa shape index (κ3) is 5.85. The van der Waals surface area contributed by atoms with Crippen LogP contribution in [0.4, 0.5) is 0 Å². The molecule has 2 N–H and O–H groups in total. The Bertz CT molecular complexity index is 412. The number of hydrogen-bond acceptors (Lipinski definition) is 3. The third-order valence-corrected chi connectivity index (χ3v) is 4.29. The molecule has 1 aromatic rings. The maximum absolute atomic E-state index is 11.7. The van der Waals surface area contributed by atoms with Gasteiger partial charge in [0, 0.05) is 17.1 Å². The molecule has 0 radical (unpaired) electrons. The van der Waals surface area contributed by atoms with Gasteiger partial charge >= 0.3 is 0 Å². The van der Waals surface area contributed by atoms with Crippen LogP contribution in [0.25, 0.3) is 0 Å². The van der Waals surface area contributed by atoms with E-state index >= 15 is 0 Å². The van der Waals surface area contributed by atoms with Crippen LogP contribution in [-0.2, 0) is 4.79 Å². The lowest BCUT2D eigenvalue weighted by atomic mass is 10.1. The van der Waals surface area contributed by atoms with E-state index in [0.29, 0.717) is 17.2 Å². The Balaban J connectivity index is 2.33. The Morgan fingerprint density at radius 2 is 2.11 bits per heavy atom. The van der Waals surface area contributed by atoms with Crippen molar-refractivity contribution in [3.63, 3.8) is 0 Å². The fraction of sp³-hybridized carbons (Fsp3) is 0.500.